The fourth-order valence-electron chi connectivity index (χ4n) is 1.28. The summed E-state index contributed by atoms with van der Waals surface area (Å²) in [6.45, 7) is 0.635. The van der Waals surface area contributed by atoms with Crippen LogP contribution in [0.2, 0.25) is 0 Å². The predicted octanol–water partition coefficient (Wildman–Crippen LogP) is -1.01. The summed E-state index contributed by atoms with van der Waals surface area (Å²) in [6.07, 6.45) is 4.15. The molecule has 0 aliphatic heterocycles. The lowest BCUT2D eigenvalue weighted by atomic mass is 10.3. The molecule has 0 radical (unpaired) electrons. The van der Waals surface area contributed by atoms with Gasteiger partial charge < -0.3 is 5.11 Å². The van der Waals surface area contributed by atoms with E-state index in [-0.39, 0.29) is 6.61 Å². The van der Waals surface area contributed by atoms with Crippen LogP contribution in [0.3, 0.4) is 0 Å². The minimum Gasteiger partial charge on any atom is -0.396 e. The van der Waals surface area contributed by atoms with Gasteiger partial charge >= 0.3 is 0 Å². The van der Waals surface area contributed by atoms with Crippen LogP contribution in [0.15, 0.2) is 12.4 Å². The highest BCUT2D eigenvalue weighted by Crippen LogP contribution is 1.98. The lowest BCUT2D eigenvalue weighted by Gasteiger charge is -1.93. The van der Waals surface area contributed by atoms with E-state index in [0.717, 1.165) is 11.4 Å². The number of rotatable bonds is 4. The smallest absolute Gasteiger partial charge is 0.104 e. The number of aliphatic hydroxyl groups is 1. The molecule has 80 valence electrons. The van der Waals surface area contributed by atoms with Crippen LogP contribution in [0.4, 0.5) is 0 Å². The molecule has 0 aliphatic carbocycles. The Kier molecular flexibility index (Phi) is 2.72. The monoisotopic (exact) mass is 208 g/mol. The molecule has 0 spiro atoms. The lowest BCUT2D eigenvalue weighted by Crippen LogP contribution is -2.00. The summed E-state index contributed by atoms with van der Waals surface area (Å²) in [4.78, 5) is 0. The van der Waals surface area contributed by atoms with Gasteiger partial charge in [-0.25, -0.2) is 4.68 Å². The second-order valence-electron chi connectivity index (χ2n) is 3.26. The van der Waals surface area contributed by atoms with Crippen LogP contribution in [0, 0.1) is 0 Å². The summed E-state index contributed by atoms with van der Waals surface area (Å²) in [5, 5.41) is 24.3. The second kappa shape index (κ2) is 4.18. The fourth-order valence-corrected chi connectivity index (χ4v) is 1.28. The van der Waals surface area contributed by atoms with Gasteiger partial charge in [-0.1, -0.05) is 10.4 Å². The molecule has 0 amide bonds. The number of aliphatic hydroxyl groups excluding tert-OH is 1. The van der Waals surface area contributed by atoms with Crippen molar-refractivity contribution in [2.45, 2.75) is 13.0 Å². The van der Waals surface area contributed by atoms with Gasteiger partial charge in [-0.3, -0.25) is 4.68 Å². The molecular formula is C8H12N6O. The van der Waals surface area contributed by atoms with Gasteiger partial charge in [-0.15, -0.1) is 10.2 Å². The van der Waals surface area contributed by atoms with Gasteiger partial charge in [-0.2, -0.15) is 0 Å². The Morgan fingerprint density at radius 2 is 2.00 bits per heavy atom. The maximum absolute atomic E-state index is 8.72. The third-order valence-corrected chi connectivity index (χ3v) is 1.93. The van der Waals surface area contributed by atoms with E-state index in [1.54, 1.807) is 15.6 Å². The largest absolute Gasteiger partial charge is 0.396 e. The van der Waals surface area contributed by atoms with Crippen LogP contribution in [0.1, 0.15) is 11.4 Å². The van der Waals surface area contributed by atoms with Crippen LogP contribution in [0.5, 0.6) is 0 Å². The first-order valence-corrected chi connectivity index (χ1v) is 4.63. The lowest BCUT2D eigenvalue weighted by molar-refractivity contribution is 0.298. The van der Waals surface area contributed by atoms with Crippen molar-refractivity contribution >= 4 is 0 Å². The average Bonchev–Trinajstić information content (AvgIpc) is 2.78. The number of hydrogen-bond donors (Lipinski definition) is 1. The maximum Gasteiger partial charge on any atom is 0.104 e. The molecule has 1 N–H and O–H groups in total. The number of nitrogens with zero attached hydrogens (tertiary/aromatic N) is 6. The van der Waals surface area contributed by atoms with Crippen molar-refractivity contribution in [2.24, 2.45) is 7.05 Å². The Bertz CT molecular complexity index is 434. The van der Waals surface area contributed by atoms with Gasteiger partial charge in [0.05, 0.1) is 12.2 Å². The van der Waals surface area contributed by atoms with Gasteiger partial charge in [0.2, 0.25) is 0 Å². The van der Waals surface area contributed by atoms with Gasteiger partial charge in [-0.05, 0) is 0 Å². The molecule has 2 aromatic rings. The van der Waals surface area contributed by atoms with E-state index < -0.39 is 0 Å². The van der Waals surface area contributed by atoms with E-state index in [1.807, 2.05) is 13.2 Å². The van der Waals surface area contributed by atoms with Crippen molar-refractivity contribution in [1.82, 2.24) is 30.0 Å². The first-order chi connectivity index (χ1) is 7.28. The summed E-state index contributed by atoms with van der Waals surface area (Å²) < 4.78 is 3.32. The Morgan fingerprint density at radius 1 is 1.20 bits per heavy atom. The van der Waals surface area contributed by atoms with Gasteiger partial charge in [0.15, 0.2) is 0 Å². The number of aromatic nitrogens is 6. The Morgan fingerprint density at radius 3 is 2.67 bits per heavy atom. The maximum atomic E-state index is 8.72. The van der Waals surface area contributed by atoms with Gasteiger partial charge in [0, 0.05) is 32.5 Å². The van der Waals surface area contributed by atoms with Crippen molar-refractivity contribution in [3.05, 3.63) is 23.8 Å². The van der Waals surface area contributed by atoms with Gasteiger partial charge in [0.25, 0.3) is 0 Å². The minimum atomic E-state index is 0.0871. The molecule has 7 heteroatoms. The minimum absolute atomic E-state index is 0.0871. The second-order valence-corrected chi connectivity index (χ2v) is 3.26. The zero-order valence-electron chi connectivity index (χ0n) is 8.41. The highest BCUT2D eigenvalue weighted by molar-refractivity contribution is 4.97. The SMILES string of the molecule is Cn1cc(Cn2cc(CCO)nn2)nn1. The zero-order chi connectivity index (χ0) is 10.7. The molecule has 0 saturated carbocycles. The topological polar surface area (TPSA) is 81.7 Å². The molecule has 15 heavy (non-hydrogen) atoms. The molecule has 7 nitrogen and oxygen atoms in total. The van der Waals surface area contributed by atoms with E-state index in [2.05, 4.69) is 20.6 Å². The highest BCUT2D eigenvalue weighted by Gasteiger charge is 2.03. The Hall–Kier alpha value is -1.76. The third kappa shape index (κ3) is 2.38. The molecular weight excluding hydrogens is 196 g/mol. The summed E-state index contributed by atoms with van der Waals surface area (Å²) in [7, 11) is 1.81. The van der Waals surface area contributed by atoms with Crippen molar-refractivity contribution in [1.29, 1.82) is 0 Å². The Balaban J connectivity index is 2.04. The first-order valence-electron chi connectivity index (χ1n) is 4.63. The highest BCUT2D eigenvalue weighted by atomic mass is 16.3. The molecule has 0 fully saturated rings. The van der Waals surface area contributed by atoms with Crippen LogP contribution in [0.25, 0.3) is 0 Å². The quantitative estimate of drug-likeness (QED) is 0.696. The van der Waals surface area contributed by atoms with E-state index >= 15 is 0 Å². The van der Waals surface area contributed by atoms with E-state index in [1.165, 1.54) is 0 Å². The van der Waals surface area contributed by atoms with Crippen LogP contribution >= 0.6 is 0 Å². The molecule has 2 aromatic heterocycles. The molecule has 2 rings (SSSR count). The van der Waals surface area contributed by atoms with Gasteiger partial charge in [0.1, 0.15) is 5.69 Å². The van der Waals surface area contributed by atoms with Crippen LogP contribution in [-0.2, 0) is 20.0 Å². The van der Waals surface area contributed by atoms with Crippen molar-refractivity contribution in [3.63, 3.8) is 0 Å². The third-order valence-electron chi connectivity index (χ3n) is 1.93. The number of hydrogen-bond acceptors (Lipinski definition) is 5. The van der Waals surface area contributed by atoms with E-state index in [0.29, 0.717) is 13.0 Å². The normalized spacial score (nSPS) is 10.8. The van der Waals surface area contributed by atoms with Crippen molar-refractivity contribution < 1.29 is 5.11 Å². The first kappa shape index (κ1) is 9.78. The van der Waals surface area contributed by atoms with Crippen LogP contribution in [-0.4, -0.2) is 41.7 Å². The van der Waals surface area contributed by atoms with Crippen molar-refractivity contribution in [2.75, 3.05) is 6.61 Å². The predicted molar refractivity (Wildman–Crippen MR) is 50.9 cm³/mol. The summed E-state index contributed by atoms with van der Waals surface area (Å²) >= 11 is 0. The molecule has 2 heterocycles. The molecule has 0 aromatic carbocycles. The summed E-state index contributed by atoms with van der Waals surface area (Å²) in [5.74, 6) is 0. The standard InChI is InChI=1S/C8H12N6O/c1-13-4-8(10-11-13)6-14-5-7(2-3-15)9-12-14/h4-5,15H,2-3,6H2,1H3. The van der Waals surface area contributed by atoms with Crippen molar-refractivity contribution in [3.8, 4) is 0 Å². The Labute approximate surface area is 86.3 Å². The summed E-state index contributed by atoms with van der Waals surface area (Å²) in [5.41, 5.74) is 1.61. The summed E-state index contributed by atoms with van der Waals surface area (Å²) in [6, 6.07) is 0. The molecule has 0 aliphatic rings. The average molecular weight is 208 g/mol. The fraction of sp³-hybridized carbons (Fsp3) is 0.500. The van der Waals surface area contributed by atoms with E-state index in [9.17, 15) is 0 Å². The zero-order valence-corrected chi connectivity index (χ0v) is 8.41. The number of aryl methyl sites for hydroxylation is 1. The van der Waals surface area contributed by atoms with E-state index in [4.69, 9.17) is 5.11 Å². The molecule has 0 saturated heterocycles. The molecule has 0 unspecified atom stereocenters. The molecule has 0 bridgehead atoms. The molecule has 0 atom stereocenters. The van der Waals surface area contributed by atoms with Crippen LogP contribution < -0.4 is 0 Å².